The van der Waals surface area contributed by atoms with Crippen molar-refractivity contribution in [2.75, 3.05) is 13.1 Å². The number of carbonyl (C=O) groups is 2. The van der Waals surface area contributed by atoms with E-state index in [4.69, 9.17) is 15.4 Å². The Morgan fingerprint density at radius 1 is 1.47 bits per heavy atom. The molecule has 0 bridgehead atoms. The largest absolute Gasteiger partial charge is 0.444 e. The number of nitrogens with zero attached hydrogens (tertiary/aromatic N) is 3. The third-order valence-corrected chi connectivity index (χ3v) is 4.77. The average Bonchev–Trinajstić information content (AvgIpc) is 3.05. The van der Waals surface area contributed by atoms with Gasteiger partial charge in [0.05, 0.1) is 11.6 Å². The summed E-state index contributed by atoms with van der Waals surface area (Å²) in [5.41, 5.74) is 0.729. The molecule has 2 amide bonds. The van der Waals surface area contributed by atoms with E-state index in [1.54, 1.807) is 34.5 Å². The molecule has 2 atom stereocenters. The first-order valence-electron chi connectivity index (χ1n) is 9.84. The second-order valence-corrected chi connectivity index (χ2v) is 8.20. The number of amidine groups is 1. The lowest BCUT2D eigenvalue weighted by Crippen LogP contribution is -2.76. The number of hydrogen-bond acceptors (Lipinski definition) is 5. The van der Waals surface area contributed by atoms with E-state index in [2.05, 4.69) is 10.3 Å². The van der Waals surface area contributed by atoms with Gasteiger partial charge in [0.25, 0.3) is 5.91 Å². The summed E-state index contributed by atoms with van der Waals surface area (Å²) in [5, 5.41) is 21.0. The molecule has 1 aromatic carbocycles. The molecular formula is C21H29N6O3+. The summed E-state index contributed by atoms with van der Waals surface area (Å²) in [5.74, 6) is -0.899. The number of benzene rings is 1. The first-order valence-corrected chi connectivity index (χ1v) is 9.84. The van der Waals surface area contributed by atoms with Gasteiger partial charge >= 0.3 is 6.09 Å². The van der Waals surface area contributed by atoms with Crippen LogP contribution in [0.5, 0.6) is 0 Å². The molecule has 9 nitrogen and oxygen atoms in total. The average molecular weight is 414 g/mol. The molecule has 4 N–H and O–H groups in total. The maximum Gasteiger partial charge on any atom is 0.410 e. The highest BCUT2D eigenvalue weighted by Crippen LogP contribution is 2.25. The third-order valence-electron chi connectivity index (χ3n) is 4.77. The number of nitriles is 1. The number of ether oxygens (including phenoxy) is 1. The van der Waals surface area contributed by atoms with Crippen LogP contribution in [-0.2, 0) is 9.53 Å². The van der Waals surface area contributed by atoms with Crippen LogP contribution in [0.4, 0.5) is 10.5 Å². The monoisotopic (exact) mass is 413 g/mol. The molecule has 1 heterocycles. The lowest BCUT2D eigenvalue weighted by atomic mass is 10.0. The van der Waals surface area contributed by atoms with Gasteiger partial charge in [-0.3, -0.25) is 15.5 Å². The van der Waals surface area contributed by atoms with E-state index in [0.29, 0.717) is 18.7 Å². The smallest absolute Gasteiger partial charge is 0.410 e. The maximum atomic E-state index is 12.3. The molecule has 0 radical (unpaired) electrons. The highest BCUT2D eigenvalue weighted by atomic mass is 16.6. The number of amides is 2. The van der Waals surface area contributed by atoms with Crippen molar-refractivity contribution in [2.24, 2.45) is 10.9 Å². The number of likely N-dealkylation sites (tertiary alicyclic amines) is 1. The second kappa shape index (κ2) is 9.98. The van der Waals surface area contributed by atoms with Crippen molar-refractivity contribution in [1.29, 1.82) is 10.7 Å². The van der Waals surface area contributed by atoms with Crippen LogP contribution in [-0.4, -0.2) is 53.8 Å². The number of nitrogens with one attached hydrogen (secondary N) is 2. The second-order valence-electron chi connectivity index (χ2n) is 8.20. The first kappa shape index (κ1) is 23.0. The van der Waals surface area contributed by atoms with Gasteiger partial charge in [-0.2, -0.15) is 10.3 Å². The van der Waals surface area contributed by atoms with E-state index in [-0.39, 0.29) is 18.1 Å². The van der Waals surface area contributed by atoms with Crippen LogP contribution in [0, 0.1) is 22.7 Å². The standard InChI is InChI=1S/C21H28N6O3/c1-14-16(8-9-27(14)20(29)30-21(2,3)4)12-24-19(28)18(23)26-13-25-17-7-5-6-15(10-17)11-22/h5-7,10,13-14,16H,8-9,12H2,1-4H3,(H,24,28)(H2,23,25,26)/p+1. The van der Waals surface area contributed by atoms with Crippen LogP contribution < -0.4 is 10.6 Å². The number of nitrogens with two attached hydrogens (primary N) is 1. The van der Waals surface area contributed by atoms with Crippen LogP contribution in [0.15, 0.2) is 29.3 Å². The minimum Gasteiger partial charge on any atom is -0.444 e. The lowest BCUT2D eigenvalue weighted by Gasteiger charge is -2.28. The quantitative estimate of drug-likeness (QED) is 0.392. The Kier molecular flexibility index (Phi) is 7.66. The Morgan fingerprint density at radius 3 is 2.87 bits per heavy atom. The minimum absolute atomic E-state index is 0.0708. The zero-order valence-electron chi connectivity index (χ0n) is 17.8. The number of hydrogen-bond donors (Lipinski definition) is 3. The van der Waals surface area contributed by atoms with Crippen LogP contribution in [0.2, 0.25) is 0 Å². The van der Waals surface area contributed by atoms with E-state index in [9.17, 15) is 9.59 Å². The molecule has 0 saturated carbocycles. The fourth-order valence-corrected chi connectivity index (χ4v) is 3.13. The van der Waals surface area contributed by atoms with Gasteiger partial charge in [0.15, 0.2) is 6.34 Å². The molecule has 2 unspecified atom stereocenters. The Labute approximate surface area is 176 Å². The number of rotatable bonds is 4. The number of quaternary nitrogens is 1. The predicted molar refractivity (Wildman–Crippen MR) is 112 cm³/mol. The van der Waals surface area contributed by atoms with Crippen molar-refractivity contribution < 1.29 is 19.6 Å². The number of aliphatic imine (C=N–C) groups is 1. The zero-order chi connectivity index (χ0) is 22.3. The van der Waals surface area contributed by atoms with Gasteiger partial charge in [0, 0.05) is 25.2 Å². The minimum atomic E-state index is -0.576. The summed E-state index contributed by atoms with van der Waals surface area (Å²) in [4.78, 5) is 29.9. The third kappa shape index (κ3) is 6.67. The SMILES string of the molecule is CC1C(CNC(=O)C(=N)N=C[NH2+]c2cccc(C#N)c2)CCN1C(=O)OC(C)(C)C. The summed E-state index contributed by atoms with van der Waals surface area (Å²) < 4.78 is 5.42. The number of carbonyl (C=O) groups excluding carboxylic acids is 2. The maximum absolute atomic E-state index is 12.3. The molecule has 1 aromatic rings. The summed E-state index contributed by atoms with van der Waals surface area (Å²) in [6.45, 7) is 8.34. The summed E-state index contributed by atoms with van der Waals surface area (Å²) in [6, 6.07) is 8.91. The predicted octanol–water partition coefficient (Wildman–Crippen LogP) is 1.52. The molecule has 160 valence electrons. The molecule has 0 aliphatic carbocycles. The normalized spacial score (nSPS) is 18.8. The Balaban J connectivity index is 1.80. The highest BCUT2D eigenvalue weighted by Gasteiger charge is 2.36. The lowest BCUT2D eigenvalue weighted by molar-refractivity contribution is -0.432. The van der Waals surface area contributed by atoms with E-state index < -0.39 is 17.3 Å². The van der Waals surface area contributed by atoms with E-state index in [0.717, 1.165) is 12.1 Å². The first-order chi connectivity index (χ1) is 14.1. The molecule has 30 heavy (non-hydrogen) atoms. The summed E-state index contributed by atoms with van der Waals surface area (Å²) >= 11 is 0. The van der Waals surface area contributed by atoms with Crippen molar-refractivity contribution in [2.45, 2.75) is 45.8 Å². The van der Waals surface area contributed by atoms with Crippen LogP contribution in [0.3, 0.4) is 0 Å². The van der Waals surface area contributed by atoms with Gasteiger partial charge in [-0.1, -0.05) is 6.07 Å². The van der Waals surface area contributed by atoms with Crippen molar-refractivity contribution >= 4 is 29.9 Å². The van der Waals surface area contributed by atoms with Gasteiger partial charge in [0.2, 0.25) is 5.84 Å². The Hall–Kier alpha value is -3.25. The van der Waals surface area contributed by atoms with Crippen molar-refractivity contribution in [3.8, 4) is 6.07 Å². The fourth-order valence-electron chi connectivity index (χ4n) is 3.13. The van der Waals surface area contributed by atoms with Crippen molar-refractivity contribution in [1.82, 2.24) is 10.2 Å². The molecule has 1 fully saturated rings. The van der Waals surface area contributed by atoms with Crippen LogP contribution >= 0.6 is 0 Å². The summed E-state index contributed by atoms with van der Waals surface area (Å²) in [6.07, 6.45) is 1.76. The molecule has 1 aliphatic heterocycles. The summed E-state index contributed by atoms with van der Waals surface area (Å²) in [7, 11) is 0. The van der Waals surface area contributed by atoms with E-state index in [1.807, 2.05) is 33.8 Å². The van der Waals surface area contributed by atoms with Gasteiger partial charge in [-0.25, -0.2) is 4.79 Å². The highest BCUT2D eigenvalue weighted by molar-refractivity contribution is 6.37. The van der Waals surface area contributed by atoms with Gasteiger partial charge in [-0.05, 0) is 52.2 Å². The van der Waals surface area contributed by atoms with Crippen LogP contribution in [0.25, 0.3) is 0 Å². The van der Waals surface area contributed by atoms with E-state index in [1.165, 1.54) is 6.34 Å². The molecule has 2 rings (SSSR count). The topological polar surface area (TPSA) is 135 Å². The van der Waals surface area contributed by atoms with Crippen molar-refractivity contribution in [3.05, 3.63) is 29.8 Å². The molecule has 0 spiro atoms. The van der Waals surface area contributed by atoms with Crippen LogP contribution in [0.1, 0.15) is 39.7 Å². The Morgan fingerprint density at radius 2 is 2.20 bits per heavy atom. The van der Waals surface area contributed by atoms with Gasteiger partial charge < -0.3 is 15.0 Å². The molecule has 1 aliphatic rings. The van der Waals surface area contributed by atoms with E-state index >= 15 is 0 Å². The molecule has 1 saturated heterocycles. The van der Waals surface area contributed by atoms with Gasteiger partial charge in [0.1, 0.15) is 11.3 Å². The Bertz CT molecular complexity index is 868. The molecule has 9 heteroatoms. The molecular weight excluding hydrogens is 384 g/mol. The van der Waals surface area contributed by atoms with Gasteiger partial charge in [-0.15, -0.1) is 0 Å². The molecule has 0 aromatic heterocycles. The van der Waals surface area contributed by atoms with Crippen molar-refractivity contribution in [3.63, 3.8) is 0 Å². The zero-order valence-corrected chi connectivity index (χ0v) is 17.8. The fraction of sp³-hybridized carbons (Fsp3) is 0.476.